The van der Waals surface area contributed by atoms with Gasteiger partial charge in [0, 0.05) is 13.1 Å². The predicted octanol–water partition coefficient (Wildman–Crippen LogP) is 2.52. The molecule has 0 atom stereocenters. The lowest BCUT2D eigenvalue weighted by Crippen LogP contribution is -2.43. The van der Waals surface area contributed by atoms with Gasteiger partial charge in [-0.3, -0.25) is 0 Å². The van der Waals surface area contributed by atoms with Crippen molar-refractivity contribution in [2.45, 2.75) is 26.8 Å². The van der Waals surface area contributed by atoms with Gasteiger partial charge < -0.3 is 9.88 Å². The van der Waals surface area contributed by atoms with Crippen LogP contribution >= 0.6 is 0 Å². The molecule has 1 saturated heterocycles. The molecule has 1 aliphatic rings. The second-order valence-electron chi connectivity index (χ2n) is 3.96. The number of hydrogen-bond acceptors (Lipinski definition) is 2. The lowest BCUT2D eigenvalue weighted by atomic mass is 10.1. The molecule has 3 rings (SSSR count). The quantitative estimate of drug-likeness (QED) is 0.795. The van der Waals surface area contributed by atoms with Crippen LogP contribution in [0.25, 0.3) is 11.0 Å². The summed E-state index contributed by atoms with van der Waals surface area (Å²) in [6, 6.07) is 7.01. The molecular weight excluding hydrogens is 198 g/mol. The molecule has 1 aromatic carbocycles. The van der Waals surface area contributed by atoms with Crippen LogP contribution in [0.5, 0.6) is 0 Å². The Bertz CT molecular complexity index is 469. The van der Waals surface area contributed by atoms with Crippen molar-refractivity contribution in [1.82, 2.24) is 14.9 Å². The Morgan fingerprint density at radius 2 is 2.06 bits per heavy atom. The van der Waals surface area contributed by atoms with Crippen LogP contribution in [0.15, 0.2) is 24.5 Å². The van der Waals surface area contributed by atoms with Crippen molar-refractivity contribution in [3.8, 4) is 0 Å². The molecule has 2 aromatic rings. The van der Waals surface area contributed by atoms with Gasteiger partial charge in [0.25, 0.3) is 0 Å². The van der Waals surface area contributed by atoms with Gasteiger partial charge in [-0.1, -0.05) is 19.9 Å². The molecule has 1 aliphatic heterocycles. The molecule has 0 unspecified atom stereocenters. The van der Waals surface area contributed by atoms with Gasteiger partial charge in [0.05, 0.1) is 23.4 Å². The minimum atomic E-state index is 0.599. The van der Waals surface area contributed by atoms with Crippen LogP contribution in [0.2, 0.25) is 0 Å². The van der Waals surface area contributed by atoms with Crippen molar-refractivity contribution in [1.29, 1.82) is 0 Å². The van der Waals surface area contributed by atoms with Gasteiger partial charge >= 0.3 is 0 Å². The highest BCUT2D eigenvalue weighted by Crippen LogP contribution is 2.20. The Hall–Kier alpha value is -1.35. The topological polar surface area (TPSA) is 29.9 Å². The summed E-state index contributed by atoms with van der Waals surface area (Å²) in [7, 11) is 0. The monoisotopic (exact) mass is 217 g/mol. The minimum Gasteiger partial charge on any atom is -0.325 e. The maximum atomic E-state index is 4.40. The highest BCUT2D eigenvalue weighted by molar-refractivity contribution is 5.76. The van der Waals surface area contributed by atoms with Crippen molar-refractivity contribution >= 4 is 11.0 Å². The first-order valence-corrected chi connectivity index (χ1v) is 5.98. The average Bonchev–Trinajstić information content (AvgIpc) is 2.62. The Morgan fingerprint density at radius 3 is 2.69 bits per heavy atom. The van der Waals surface area contributed by atoms with E-state index < -0.39 is 0 Å². The third kappa shape index (κ3) is 1.83. The van der Waals surface area contributed by atoms with Crippen molar-refractivity contribution in [3.63, 3.8) is 0 Å². The van der Waals surface area contributed by atoms with Crippen molar-refractivity contribution in [2.75, 3.05) is 13.1 Å². The molecule has 0 radical (unpaired) electrons. The van der Waals surface area contributed by atoms with Gasteiger partial charge in [0.15, 0.2) is 0 Å². The van der Waals surface area contributed by atoms with E-state index in [1.54, 1.807) is 0 Å². The third-order valence-corrected chi connectivity index (χ3v) is 2.88. The molecule has 0 bridgehead atoms. The lowest BCUT2D eigenvalue weighted by molar-refractivity contribution is 0.350. The minimum absolute atomic E-state index is 0.599. The molecule has 0 spiro atoms. The Labute approximate surface area is 96.5 Å². The summed E-state index contributed by atoms with van der Waals surface area (Å²) >= 11 is 0. The SMILES string of the molecule is CC.Cc1ccc2ncn(C3CNC3)c2c1. The zero-order valence-electron chi connectivity index (χ0n) is 10.2. The number of benzene rings is 1. The van der Waals surface area contributed by atoms with Gasteiger partial charge in [-0.25, -0.2) is 4.98 Å². The largest absolute Gasteiger partial charge is 0.325 e. The Kier molecular flexibility index (Phi) is 3.25. The number of hydrogen-bond donors (Lipinski definition) is 1. The third-order valence-electron chi connectivity index (χ3n) is 2.88. The molecular formula is C13H19N3. The van der Waals surface area contributed by atoms with Gasteiger partial charge in [-0.2, -0.15) is 0 Å². The van der Waals surface area contributed by atoms with Gasteiger partial charge in [0.1, 0.15) is 0 Å². The highest BCUT2D eigenvalue weighted by atomic mass is 15.2. The number of rotatable bonds is 1. The van der Waals surface area contributed by atoms with E-state index in [2.05, 4.69) is 40.0 Å². The Morgan fingerprint density at radius 1 is 1.31 bits per heavy atom. The normalized spacial score (nSPS) is 15.4. The first kappa shape index (κ1) is 11.1. The number of imidazole rings is 1. The zero-order chi connectivity index (χ0) is 11.5. The fourth-order valence-electron chi connectivity index (χ4n) is 1.90. The van der Waals surface area contributed by atoms with Crippen LogP contribution in [0.1, 0.15) is 25.5 Å². The number of nitrogens with zero attached hydrogens (tertiary/aromatic N) is 2. The van der Waals surface area contributed by atoms with Crippen molar-refractivity contribution in [3.05, 3.63) is 30.1 Å². The number of aryl methyl sites for hydroxylation is 1. The summed E-state index contributed by atoms with van der Waals surface area (Å²) in [6.07, 6.45) is 1.95. The number of nitrogens with one attached hydrogen (secondary N) is 1. The summed E-state index contributed by atoms with van der Waals surface area (Å²) in [4.78, 5) is 4.40. The average molecular weight is 217 g/mol. The smallest absolute Gasteiger partial charge is 0.0961 e. The van der Waals surface area contributed by atoms with E-state index in [0.29, 0.717) is 6.04 Å². The molecule has 16 heavy (non-hydrogen) atoms. The maximum Gasteiger partial charge on any atom is 0.0961 e. The van der Waals surface area contributed by atoms with E-state index in [4.69, 9.17) is 0 Å². The predicted molar refractivity (Wildman–Crippen MR) is 67.7 cm³/mol. The first-order valence-electron chi connectivity index (χ1n) is 5.98. The van der Waals surface area contributed by atoms with E-state index in [9.17, 15) is 0 Å². The maximum absolute atomic E-state index is 4.40. The van der Waals surface area contributed by atoms with Crippen LogP contribution < -0.4 is 5.32 Å². The highest BCUT2D eigenvalue weighted by Gasteiger charge is 2.19. The second-order valence-corrected chi connectivity index (χ2v) is 3.96. The molecule has 1 N–H and O–H groups in total. The van der Waals surface area contributed by atoms with Crippen LogP contribution in [-0.4, -0.2) is 22.6 Å². The van der Waals surface area contributed by atoms with E-state index in [0.717, 1.165) is 18.6 Å². The summed E-state index contributed by atoms with van der Waals surface area (Å²) in [6.45, 7) is 8.26. The summed E-state index contributed by atoms with van der Waals surface area (Å²) in [5.41, 5.74) is 3.66. The zero-order valence-corrected chi connectivity index (χ0v) is 10.2. The molecule has 0 amide bonds. The lowest BCUT2D eigenvalue weighted by Gasteiger charge is -2.28. The Balaban J connectivity index is 0.000000457. The summed E-state index contributed by atoms with van der Waals surface area (Å²) in [5.74, 6) is 0. The number of fused-ring (bicyclic) bond motifs is 1. The molecule has 0 aliphatic carbocycles. The van der Waals surface area contributed by atoms with E-state index in [-0.39, 0.29) is 0 Å². The van der Waals surface area contributed by atoms with Crippen molar-refractivity contribution < 1.29 is 0 Å². The molecule has 3 nitrogen and oxygen atoms in total. The van der Waals surface area contributed by atoms with Gasteiger partial charge in [-0.05, 0) is 24.6 Å². The molecule has 1 fully saturated rings. The van der Waals surface area contributed by atoms with Crippen LogP contribution in [0.4, 0.5) is 0 Å². The van der Waals surface area contributed by atoms with Gasteiger partial charge in [0.2, 0.25) is 0 Å². The van der Waals surface area contributed by atoms with Crippen LogP contribution in [0.3, 0.4) is 0 Å². The molecule has 0 saturated carbocycles. The summed E-state index contributed by atoms with van der Waals surface area (Å²) < 4.78 is 2.28. The van der Waals surface area contributed by atoms with E-state index >= 15 is 0 Å². The fourth-order valence-corrected chi connectivity index (χ4v) is 1.90. The molecule has 3 heteroatoms. The molecule has 2 heterocycles. The number of aromatic nitrogens is 2. The summed E-state index contributed by atoms with van der Waals surface area (Å²) in [5, 5.41) is 3.28. The first-order chi connectivity index (χ1) is 7.84. The standard InChI is InChI=1S/C11H13N3.C2H6/c1-8-2-3-10-11(4-8)14(7-13-10)9-5-12-6-9;1-2/h2-4,7,9,12H,5-6H2,1H3;1-2H3. The fraction of sp³-hybridized carbons (Fsp3) is 0.462. The van der Waals surface area contributed by atoms with E-state index in [1.807, 2.05) is 20.2 Å². The molecule has 86 valence electrons. The van der Waals surface area contributed by atoms with Crippen LogP contribution in [-0.2, 0) is 0 Å². The van der Waals surface area contributed by atoms with E-state index in [1.165, 1.54) is 11.1 Å². The molecule has 1 aromatic heterocycles. The second kappa shape index (κ2) is 4.66. The van der Waals surface area contributed by atoms with Gasteiger partial charge in [-0.15, -0.1) is 0 Å². The van der Waals surface area contributed by atoms with Crippen LogP contribution in [0, 0.1) is 6.92 Å². The van der Waals surface area contributed by atoms with Crippen molar-refractivity contribution in [2.24, 2.45) is 0 Å².